The fourth-order valence-corrected chi connectivity index (χ4v) is 6.54. The Bertz CT molecular complexity index is 1320. The number of hydrogen-bond acceptors (Lipinski definition) is 5. The average molecular weight is 491 g/mol. The van der Waals surface area contributed by atoms with Gasteiger partial charge in [-0.15, -0.1) is 11.3 Å². The van der Waals surface area contributed by atoms with Gasteiger partial charge in [-0.2, -0.15) is 0 Å². The Morgan fingerprint density at radius 1 is 1.09 bits per heavy atom. The fraction of sp³-hybridized carbons (Fsp3) is 0.321. The summed E-state index contributed by atoms with van der Waals surface area (Å²) in [6.45, 7) is 1.77. The van der Waals surface area contributed by atoms with E-state index < -0.39 is 0 Å². The van der Waals surface area contributed by atoms with Crippen molar-refractivity contribution in [1.29, 1.82) is 0 Å². The van der Waals surface area contributed by atoms with E-state index in [2.05, 4.69) is 52.3 Å². The van der Waals surface area contributed by atoms with Crippen LogP contribution in [0.3, 0.4) is 0 Å². The zero-order chi connectivity index (χ0) is 23.1. The summed E-state index contributed by atoms with van der Waals surface area (Å²) in [7, 11) is 0. The van der Waals surface area contributed by atoms with E-state index in [0.717, 1.165) is 57.9 Å². The molecule has 1 N–H and O–H groups in total. The summed E-state index contributed by atoms with van der Waals surface area (Å²) < 4.78 is 7.31. The number of aromatic nitrogens is 1. The lowest BCUT2D eigenvalue weighted by atomic mass is 9.84. The number of aliphatic hydroxyl groups is 1. The first-order valence-corrected chi connectivity index (χ1v) is 13.1. The molecule has 1 saturated carbocycles. The van der Waals surface area contributed by atoms with Gasteiger partial charge < -0.3 is 14.7 Å². The van der Waals surface area contributed by atoms with Gasteiger partial charge in [-0.25, -0.2) is 0 Å². The van der Waals surface area contributed by atoms with E-state index in [9.17, 15) is 5.11 Å². The predicted octanol–water partition coefficient (Wildman–Crippen LogP) is 6.61. The largest absolute Gasteiger partial charge is 0.391 e. The lowest BCUT2D eigenvalue weighted by Gasteiger charge is -2.47. The standard InChI is InChI=1S/C28H27ClN2O2S/c29-20-11-19-7-4-10-31(21-13-22(14-21)33-17-18-5-2-1-3-6-18)27(19)25(12-20)24-8-9-30-26-15-23(16-32)34-28(24)26/h1-3,5-6,8-9,11-12,15,21-22,32H,4,7,10,13-14,16-17H2. The van der Waals surface area contributed by atoms with E-state index >= 15 is 0 Å². The molecule has 0 unspecified atom stereocenters. The molecule has 34 heavy (non-hydrogen) atoms. The number of hydrogen-bond donors (Lipinski definition) is 1. The highest BCUT2D eigenvalue weighted by Crippen LogP contribution is 2.46. The van der Waals surface area contributed by atoms with Crippen LogP contribution in [0.5, 0.6) is 0 Å². The molecule has 0 bridgehead atoms. The van der Waals surface area contributed by atoms with Crippen LogP contribution in [0, 0.1) is 0 Å². The summed E-state index contributed by atoms with van der Waals surface area (Å²) in [5.74, 6) is 0. The molecule has 2 aliphatic rings. The molecule has 0 radical (unpaired) electrons. The third-order valence-electron chi connectivity index (χ3n) is 7.03. The molecule has 4 nitrogen and oxygen atoms in total. The van der Waals surface area contributed by atoms with Crippen LogP contribution in [0.4, 0.5) is 5.69 Å². The zero-order valence-electron chi connectivity index (χ0n) is 18.9. The minimum Gasteiger partial charge on any atom is -0.391 e. The van der Waals surface area contributed by atoms with Crippen LogP contribution in [0.15, 0.2) is 60.8 Å². The number of anilines is 1. The third kappa shape index (κ3) is 4.11. The number of benzene rings is 2. The molecule has 3 heterocycles. The van der Waals surface area contributed by atoms with Gasteiger partial charge in [0, 0.05) is 45.5 Å². The number of aliphatic hydroxyl groups excluding tert-OH is 1. The molecule has 1 aliphatic carbocycles. The van der Waals surface area contributed by atoms with Crippen molar-refractivity contribution in [2.45, 2.75) is 51.0 Å². The van der Waals surface area contributed by atoms with Crippen molar-refractivity contribution in [3.63, 3.8) is 0 Å². The van der Waals surface area contributed by atoms with E-state index in [0.29, 0.717) is 18.8 Å². The Labute approximate surface area is 208 Å². The Hall–Kier alpha value is -2.44. The van der Waals surface area contributed by atoms with Gasteiger partial charge in [-0.1, -0.05) is 41.9 Å². The first-order valence-electron chi connectivity index (χ1n) is 11.9. The molecule has 2 aromatic heterocycles. The van der Waals surface area contributed by atoms with Gasteiger partial charge in [0.15, 0.2) is 0 Å². The first kappa shape index (κ1) is 22.1. The Morgan fingerprint density at radius 3 is 2.76 bits per heavy atom. The molecule has 2 aromatic carbocycles. The molecule has 1 aliphatic heterocycles. The van der Waals surface area contributed by atoms with Crippen molar-refractivity contribution in [3.8, 4) is 11.1 Å². The van der Waals surface area contributed by atoms with E-state index in [1.165, 1.54) is 22.4 Å². The maximum absolute atomic E-state index is 9.67. The molecular formula is C28H27ClN2O2S. The number of fused-ring (bicyclic) bond motifs is 2. The Morgan fingerprint density at radius 2 is 1.94 bits per heavy atom. The summed E-state index contributed by atoms with van der Waals surface area (Å²) in [6.07, 6.45) is 6.45. The molecule has 0 saturated heterocycles. The smallest absolute Gasteiger partial charge is 0.0819 e. The van der Waals surface area contributed by atoms with Crippen LogP contribution >= 0.6 is 22.9 Å². The van der Waals surface area contributed by atoms with Gasteiger partial charge >= 0.3 is 0 Å². The second-order valence-electron chi connectivity index (χ2n) is 9.25. The van der Waals surface area contributed by atoms with Crippen LogP contribution in [0.2, 0.25) is 5.02 Å². The highest BCUT2D eigenvalue weighted by Gasteiger charge is 2.37. The lowest BCUT2D eigenvalue weighted by molar-refractivity contribution is -0.0207. The third-order valence-corrected chi connectivity index (χ3v) is 8.39. The van der Waals surface area contributed by atoms with E-state index in [-0.39, 0.29) is 6.61 Å². The van der Waals surface area contributed by atoms with Gasteiger partial charge in [-0.3, -0.25) is 4.98 Å². The van der Waals surface area contributed by atoms with Gasteiger partial charge in [-0.05, 0) is 61.1 Å². The number of nitrogens with zero attached hydrogens (tertiary/aromatic N) is 2. The monoisotopic (exact) mass is 490 g/mol. The number of rotatable bonds is 6. The van der Waals surface area contributed by atoms with E-state index in [1.54, 1.807) is 11.3 Å². The molecule has 174 valence electrons. The highest BCUT2D eigenvalue weighted by atomic mass is 35.5. The normalized spacial score (nSPS) is 19.8. The van der Waals surface area contributed by atoms with Crippen molar-refractivity contribution in [2.24, 2.45) is 0 Å². The second kappa shape index (κ2) is 9.31. The van der Waals surface area contributed by atoms with Crippen molar-refractivity contribution in [1.82, 2.24) is 4.98 Å². The van der Waals surface area contributed by atoms with Crippen LogP contribution in [0.1, 0.15) is 35.3 Å². The predicted molar refractivity (Wildman–Crippen MR) is 140 cm³/mol. The summed E-state index contributed by atoms with van der Waals surface area (Å²) >= 11 is 8.24. The average Bonchev–Trinajstić information content (AvgIpc) is 3.27. The van der Waals surface area contributed by atoms with Crippen molar-refractivity contribution >= 4 is 38.8 Å². The molecule has 0 atom stereocenters. The summed E-state index contributed by atoms with van der Waals surface area (Å²) in [5.41, 5.74) is 7.12. The zero-order valence-corrected chi connectivity index (χ0v) is 20.5. The topological polar surface area (TPSA) is 45.6 Å². The van der Waals surface area contributed by atoms with Gasteiger partial charge in [0.25, 0.3) is 0 Å². The summed E-state index contributed by atoms with van der Waals surface area (Å²) in [5, 5.41) is 10.4. The maximum atomic E-state index is 9.67. The molecular weight excluding hydrogens is 464 g/mol. The molecule has 0 amide bonds. The minimum atomic E-state index is 0.0344. The van der Waals surface area contributed by atoms with E-state index in [4.69, 9.17) is 16.3 Å². The van der Waals surface area contributed by atoms with Crippen molar-refractivity contribution in [3.05, 3.63) is 81.8 Å². The van der Waals surface area contributed by atoms with Gasteiger partial charge in [0.05, 0.1) is 29.5 Å². The van der Waals surface area contributed by atoms with Gasteiger partial charge in [0.2, 0.25) is 0 Å². The summed E-state index contributed by atoms with van der Waals surface area (Å²) in [4.78, 5) is 8.07. The van der Waals surface area contributed by atoms with E-state index in [1.807, 2.05) is 18.3 Å². The molecule has 0 spiro atoms. The van der Waals surface area contributed by atoms with Gasteiger partial charge in [0.1, 0.15) is 0 Å². The van der Waals surface area contributed by atoms with Crippen LogP contribution in [-0.4, -0.2) is 28.8 Å². The first-order chi connectivity index (χ1) is 16.7. The van der Waals surface area contributed by atoms with Crippen molar-refractivity contribution < 1.29 is 9.84 Å². The van der Waals surface area contributed by atoms with Crippen LogP contribution < -0.4 is 4.90 Å². The summed E-state index contributed by atoms with van der Waals surface area (Å²) in [6, 6.07) is 19.2. The number of thiophene rings is 1. The number of pyridine rings is 1. The molecule has 6 heteroatoms. The Balaban J connectivity index is 1.30. The Kier molecular flexibility index (Phi) is 6.04. The number of halogens is 1. The van der Waals surface area contributed by atoms with Crippen LogP contribution in [-0.2, 0) is 24.4 Å². The van der Waals surface area contributed by atoms with Crippen LogP contribution in [0.25, 0.3) is 21.3 Å². The minimum absolute atomic E-state index is 0.0344. The molecule has 6 rings (SSSR count). The fourth-order valence-electron chi connectivity index (χ4n) is 5.30. The van der Waals surface area contributed by atoms with Crippen molar-refractivity contribution in [2.75, 3.05) is 11.4 Å². The number of aryl methyl sites for hydroxylation is 1. The maximum Gasteiger partial charge on any atom is 0.0819 e. The molecule has 4 aromatic rings. The second-order valence-corrected chi connectivity index (χ2v) is 10.8. The molecule has 1 fully saturated rings. The quantitative estimate of drug-likeness (QED) is 0.330. The number of ether oxygens (including phenoxy) is 1. The highest BCUT2D eigenvalue weighted by molar-refractivity contribution is 7.19. The lowest BCUT2D eigenvalue weighted by Crippen LogP contribution is -2.50. The SMILES string of the molecule is OCc1cc2nccc(-c3cc(Cl)cc4c3N(C3CC(OCc5ccccc5)C3)CCC4)c2s1.